The summed E-state index contributed by atoms with van der Waals surface area (Å²) in [5.74, 6) is 1.77. The minimum Gasteiger partial charge on any atom is -0.313 e. The summed E-state index contributed by atoms with van der Waals surface area (Å²) in [6, 6.07) is 9.86. The van der Waals surface area contributed by atoms with Crippen molar-refractivity contribution in [3.63, 3.8) is 0 Å². The highest BCUT2D eigenvalue weighted by molar-refractivity contribution is 5.30. The van der Waals surface area contributed by atoms with Crippen molar-refractivity contribution in [2.45, 2.75) is 45.1 Å². The van der Waals surface area contributed by atoms with Crippen molar-refractivity contribution in [1.29, 1.82) is 0 Å². The summed E-state index contributed by atoms with van der Waals surface area (Å²) in [4.78, 5) is 0. The lowest BCUT2D eigenvalue weighted by Gasteiger charge is -2.23. The monoisotopic (exact) mass is 229 g/mol. The van der Waals surface area contributed by atoms with Crippen LogP contribution in [0.5, 0.6) is 0 Å². The van der Waals surface area contributed by atoms with Gasteiger partial charge < -0.3 is 5.32 Å². The van der Waals surface area contributed by atoms with Crippen LogP contribution in [-0.4, -0.2) is 12.6 Å². The van der Waals surface area contributed by atoms with E-state index in [1.165, 1.54) is 38.6 Å². The van der Waals surface area contributed by atoms with E-state index in [2.05, 4.69) is 36.5 Å². The van der Waals surface area contributed by atoms with Gasteiger partial charge in [-0.15, -0.1) is 0 Å². The van der Waals surface area contributed by atoms with E-state index >= 15 is 0 Å². The molecule has 0 radical (unpaired) electrons. The Labute approximate surface area is 105 Å². The van der Waals surface area contributed by atoms with Gasteiger partial charge in [0.1, 0.15) is 0 Å². The van der Waals surface area contributed by atoms with Crippen molar-refractivity contribution in [3.05, 3.63) is 35.4 Å². The Kier molecular flexibility index (Phi) is 3.19. The molecule has 0 amide bonds. The third-order valence-corrected chi connectivity index (χ3v) is 4.64. The van der Waals surface area contributed by atoms with Gasteiger partial charge in [-0.1, -0.05) is 31.2 Å². The van der Waals surface area contributed by atoms with Gasteiger partial charge in [0.2, 0.25) is 0 Å². The van der Waals surface area contributed by atoms with Crippen LogP contribution in [0.15, 0.2) is 24.3 Å². The van der Waals surface area contributed by atoms with Crippen LogP contribution in [0.4, 0.5) is 0 Å². The Morgan fingerprint density at radius 1 is 1.06 bits per heavy atom. The molecule has 0 aromatic heterocycles. The van der Waals surface area contributed by atoms with Crippen LogP contribution in [-0.2, 0) is 12.8 Å². The molecule has 2 aliphatic carbocycles. The lowest BCUT2D eigenvalue weighted by atomic mass is 9.94. The summed E-state index contributed by atoms with van der Waals surface area (Å²) >= 11 is 0. The maximum absolute atomic E-state index is 3.81. The minimum atomic E-state index is 0.780. The topological polar surface area (TPSA) is 12.0 Å². The van der Waals surface area contributed by atoms with Crippen molar-refractivity contribution >= 4 is 0 Å². The first kappa shape index (κ1) is 11.3. The van der Waals surface area contributed by atoms with Crippen LogP contribution >= 0.6 is 0 Å². The lowest BCUT2D eigenvalue weighted by Crippen LogP contribution is -2.38. The van der Waals surface area contributed by atoms with E-state index < -0.39 is 0 Å². The number of hydrogen-bond donors (Lipinski definition) is 1. The molecule has 1 heteroatoms. The van der Waals surface area contributed by atoms with E-state index in [1.807, 2.05) is 0 Å². The molecule has 2 aliphatic rings. The molecule has 2 unspecified atom stereocenters. The summed E-state index contributed by atoms with van der Waals surface area (Å²) in [7, 11) is 0. The molecule has 92 valence electrons. The minimum absolute atomic E-state index is 0.780. The van der Waals surface area contributed by atoms with Crippen LogP contribution in [0, 0.1) is 11.8 Å². The average molecular weight is 229 g/mol. The smallest absolute Gasteiger partial charge is 0.0130 e. The number of fused-ring (bicyclic) bond motifs is 3. The largest absolute Gasteiger partial charge is 0.313 e. The first-order valence-electron chi connectivity index (χ1n) is 7.18. The predicted molar refractivity (Wildman–Crippen MR) is 72.1 cm³/mol. The van der Waals surface area contributed by atoms with Crippen LogP contribution < -0.4 is 5.32 Å². The van der Waals surface area contributed by atoms with Crippen LogP contribution in [0.3, 0.4) is 0 Å². The van der Waals surface area contributed by atoms with E-state index in [4.69, 9.17) is 0 Å². The Balaban J connectivity index is 1.82. The molecular formula is C16H23N. The van der Waals surface area contributed by atoms with Gasteiger partial charge in [0.05, 0.1) is 0 Å². The van der Waals surface area contributed by atoms with Crippen molar-refractivity contribution in [2.24, 2.45) is 11.8 Å². The molecule has 1 saturated carbocycles. The second-order valence-corrected chi connectivity index (χ2v) is 5.75. The molecule has 0 saturated heterocycles. The van der Waals surface area contributed by atoms with Crippen LogP contribution in [0.2, 0.25) is 0 Å². The van der Waals surface area contributed by atoms with E-state index in [1.54, 1.807) is 11.1 Å². The quantitative estimate of drug-likeness (QED) is 0.839. The lowest BCUT2D eigenvalue weighted by molar-refractivity contribution is 0.343. The Morgan fingerprint density at radius 2 is 1.65 bits per heavy atom. The third kappa shape index (κ3) is 2.13. The molecule has 2 atom stereocenters. The molecule has 0 heterocycles. The molecule has 1 fully saturated rings. The standard InChI is InChI=1S/C16H23N/c1-2-9-17-16-14-7-8-15(16)11-13-6-4-3-5-12(13)10-14/h3-6,14-17H,2,7-11H2,1H3. The van der Waals surface area contributed by atoms with Gasteiger partial charge in [0.25, 0.3) is 0 Å². The van der Waals surface area contributed by atoms with E-state index in [-0.39, 0.29) is 0 Å². The maximum atomic E-state index is 3.81. The number of rotatable bonds is 3. The highest BCUT2D eigenvalue weighted by atomic mass is 14.9. The number of benzene rings is 1. The number of nitrogens with one attached hydrogen (secondary N) is 1. The maximum Gasteiger partial charge on any atom is 0.0130 e. The summed E-state index contributed by atoms with van der Waals surface area (Å²) < 4.78 is 0. The van der Waals surface area contributed by atoms with Gasteiger partial charge in [0.15, 0.2) is 0 Å². The zero-order chi connectivity index (χ0) is 11.7. The van der Waals surface area contributed by atoms with Gasteiger partial charge in [-0.2, -0.15) is 0 Å². The van der Waals surface area contributed by atoms with Crippen molar-refractivity contribution in [3.8, 4) is 0 Å². The molecule has 0 spiro atoms. The van der Waals surface area contributed by atoms with Gasteiger partial charge in [-0.3, -0.25) is 0 Å². The molecule has 1 N–H and O–H groups in total. The zero-order valence-electron chi connectivity index (χ0n) is 10.8. The molecule has 0 aliphatic heterocycles. The predicted octanol–water partition coefficient (Wildman–Crippen LogP) is 3.18. The zero-order valence-corrected chi connectivity index (χ0v) is 10.8. The Morgan fingerprint density at radius 3 is 2.18 bits per heavy atom. The van der Waals surface area contributed by atoms with Crippen molar-refractivity contribution < 1.29 is 0 Å². The van der Waals surface area contributed by atoms with Crippen LogP contribution in [0.25, 0.3) is 0 Å². The van der Waals surface area contributed by atoms with Gasteiger partial charge in [-0.05, 0) is 61.6 Å². The number of hydrogen-bond acceptors (Lipinski definition) is 1. The molecule has 2 bridgehead atoms. The molecule has 1 aromatic rings. The van der Waals surface area contributed by atoms with Gasteiger partial charge in [-0.25, -0.2) is 0 Å². The first-order valence-corrected chi connectivity index (χ1v) is 7.18. The summed E-state index contributed by atoms with van der Waals surface area (Å²) in [6.07, 6.45) is 6.71. The van der Waals surface area contributed by atoms with Crippen LogP contribution in [0.1, 0.15) is 37.3 Å². The average Bonchev–Trinajstić information content (AvgIpc) is 2.62. The fourth-order valence-corrected chi connectivity index (χ4v) is 3.80. The highest BCUT2D eigenvalue weighted by Gasteiger charge is 2.38. The second kappa shape index (κ2) is 4.81. The summed E-state index contributed by atoms with van der Waals surface area (Å²) in [6.45, 7) is 3.45. The SMILES string of the molecule is CCCNC1C2CCC1Cc1ccccc1C2. The van der Waals surface area contributed by atoms with E-state index in [0.29, 0.717) is 0 Å². The fraction of sp³-hybridized carbons (Fsp3) is 0.625. The first-order chi connectivity index (χ1) is 8.38. The normalized spacial score (nSPS) is 31.0. The van der Waals surface area contributed by atoms with Crippen molar-refractivity contribution in [1.82, 2.24) is 5.32 Å². The van der Waals surface area contributed by atoms with Gasteiger partial charge in [0, 0.05) is 6.04 Å². The van der Waals surface area contributed by atoms with E-state index in [0.717, 1.165) is 17.9 Å². The van der Waals surface area contributed by atoms with Crippen molar-refractivity contribution in [2.75, 3.05) is 6.54 Å². The molecule has 1 aromatic carbocycles. The fourth-order valence-electron chi connectivity index (χ4n) is 3.80. The van der Waals surface area contributed by atoms with Gasteiger partial charge >= 0.3 is 0 Å². The summed E-state index contributed by atoms with van der Waals surface area (Å²) in [5.41, 5.74) is 3.23. The van der Waals surface area contributed by atoms with E-state index in [9.17, 15) is 0 Å². The Bertz CT molecular complexity index is 352. The second-order valence-electron chi connectivity index (χ2n) is 5.75. The molecule has 17 heavy (non-hydrogen) atoms. The summed E-state index contributed by atoms with van der Waals surface area (Å²) in [5, 5.41) is 3.81. The molecule has 3 rings (SSSR count). The Hall–Kier alpha value is -0.820. The molecule has 1 nitrogen and oxygen atoms in total. The third-order valence-electron chi connectivity index (χ3n) is 4.64. The molecular weight excluding hydrogens is 206 g/mol. The highest BCUT2D eigenvalue weighted by Crippen LogP contribution is 2.39.